The molecular weight excluding hydrogens is 372 g/mol. The van der Waals surface area contributed by atoms with Gasteiger partial charge in [-0.15, -0.1) is 0 Å². The molecule has 1 N–H and O–H groups in total. The Morgan fingerprint density at radius 1 is 1.07 bits per heavy atom. The molecule has 1 atom stereocenters. The molecule has 0 bridgehead atoms. The molecule has 0 unspecified atom stereocenters. The molecule has 0 aliphatic carbocycles. The van der Waals surface area contributed by atoms with Crippen molar-refractivity contribution in [1.29, 1.82) is 0 Å². The van der Waals surface area contributed by atoms with Gasteiger partial charge in [0.05, 0.1) is 6.42 Å². The van der Waals surface area contributed by atoms with Crippen LogP contribution in [-0.4, -0.2) is 29.3 Å². The fourth-order valence-corrected chi connectivity index (χ4v) is 3.27. The maximum absolute atomic E-state index is 13.2. The molecule has 0 aromatic heterocycles. The van der Waals surface area contributed by atoms with E-state index >= 15 is 0 Å². The summed E-state index contributed by atoms with van der Waals surface area (Å²) in [5.74, 6) is -0.154. The molecule has 0 spiro atoms. The zero-order valence-corrected chi connectivity index (χ0v) is 17.6. The maximum atomic E-state index is 13.2. The van der Waals surface area contributed by atoms with E-state index in [2.05, 4.69) is 5.32 Å². The Morgan fingerprint density at radius 3 is 2.36 bits per heavy atom. The number of amides is 2. The fourth-order valence-electron chi connectivity index (χ4n) is 3.14. The summed E-state index contributed by atoms with van der Waals surface area (Å²) in [6.07, 6.45) is 1.69. The fraction of sp³-hybridized carbons (Fsp3) is 0.391. The largest absolute Gasteiger partial charge is 0.354 e. The van der Waals surface area contributed by atoms with Crippen LogP contribution in [0.25, 0.3) is 0 Å². The minimum atomic E-state index is -0.501. The number of hydrogen-bond donors (Lipinski definition) is 1. The van der Waals surface area contributed by atoms with Crippen LogP contribution in [0.4, 0.5) is 0 Å². The summed E-state index contributed by atoms with van der Waals surface area (Å²) in [5, 5.41) is 3.58. The van der Waals surface area contributed by atoms with Crippen LogP contribution in [0.5, 0.6) is 0 Å². The molecule has 2 rings (SSSR count). The third kappa shape index (κ3) is 6.10. The Labute approximate surface area is 172 Å². The van der Waals surface area contributed by atoms with E-state index in [9.17, 15) is 9.59 Å². The number of nitrogens with one attached hydrogen (secondary N) is 1. The zero-order chi connectivity index (χ0) is 20.5. The second-order valence-electron chi connectivity index (χ2n) is 6.97. The van der Waals surface area contributed by atoms with Crippen molar-refractivity contribution in [3.05, 3.63) is 70.2 Å². The molecule has 0 saturated carbocycles. The monoisotopic (exact) mass is 400 g/mol. The summed E-state index contributed by atoms with van der Waals surface area (Å²) >= 11 is 5.99. The molecule has 5 heteroatoms. The summed E-state index contributed by atoms with van der Waals surface area (Å²) in [4.78, 5) is 27.6. The lowest BCUT2D eigenvalue weighted by Gasteiger charge is -2.31. The van der Waals surface area contributed by atoms with E-state index < -0.39 is 6.04 Å². The molecule has 0 fully saturated rings. The zero-order valence-electron chi connectivity index (χ0n) is 16.9. The SMILES string of the molecule is CCCNC(=O)[C@H](CC)N(Cc1ccc(Cl)cc1)C(=O)Cc1ccccc1C. The Kier molecular flexibility index (Phi) is 8.52. The number of carbonyl (C=O) groups excluding carboxylic acids is 2. The van der Waals surface area contributed by atoms with Crippen LogP contribution in [0.2, 0.25) is 5.02 Å². The lowest BCUT2D eigenvalue weighted by atomic mass is 10.0. The van der Waals surface area contributed by atoms with Gasteiger partial charge >= 0.3 is 0 Å². The molecule has 2 aromatic carbocycles. The van der Waals surface area contributed by atoms with Gasteiger partial charge in [0.2, 0.25) is 11.8 Å². The van der Waals surface area contributed by atoms with E-state index in [1.54, 1.807) is 17.0 Å². The first-order chi connectivity index (χ1) is 13.5. The minimum absolute atomic E-state index is 0.0530. The standard InChI is InChI=1S/C23H29ClN2O2/c1-4-14-25-23(28)21(5-2)26(16-18-10-12-20(24)13-11-18)22(27)15-19-9-7-6-8-17(19)3/h6-13,21H,4-5,14-16H2,1-3H3,(H,25,28)/t21-/m0/s1. The lowest BCUT2D eigenvalue weighted by molar-refractivity contribution is -0.140. The smallest absolute Gasteiger partial charge is 0.242 e. The normalized spacial score (nSPS) is 11.7. The van der Waals surface area contributed by atoms with Crippen LogP contribution in [0.15, 0.2) is 48.5 Å². The number of aryl methyl sites for hydroxylation is 1. The van der Waals surface area contributed by atoms with Crippen LogP contribution in [0, 0.1) is 6.92 Å². The molecule has 0 heterocycles. The van der Waals surface area contributed by atoms with Crippen LogP contribution in [-0.2, 0) is 22.6 Å². The Hall–Kier alpha value is -2.33. The number of halogens is 1. The highest BCUT2D eigenvalue weighted by Gasteiger charge is 2.28. The van der Waals surface area contributed by atoms with Crippen molar-refractivity contribution in [2.45, 2.75) is 52.6 Å². The number of rotatable bonds is 9. The molecule has 0 saturated heterocycles. The molecule has 0 aliphatic heterocycles. The molecule has 4 nitrogen and oxygen atoms in total. The van der Waals surface area contributed by atoms with Gasteiger partial charge in [-0.25, -0.2) is 0 Å². The minimum Gasteiger partial charge on any atom is -0.354 e. The first-order valence-corrected chi connectivity index (χ1v) is 10.2. The average molecular weight is 401 g/mol. The van der Waals surface area contributed by atoms with Crippen LogP contribution in [0.1, 0.15) is 43.4 Å². The Bertz CT molecular complexity index is 789. The van der Waals surface area contributed by atoms with Crippen molar-refractivity contribution in [2.24, 2.45) is 0 Å². The second kappa shape index (κ2) is 10.9. The number of benzene rings is 2. The van der Waals surface area contributed by atoms with Gasteiger partial charge in [-0.1, -0.05) is 61.8 Å². The highest BCUT2D eigenvalue weighted by Crippen LogP contribution is 2.17. The van der Waals surface area contributed by atoms with Crippen molar-refractivity contribution < 1.29 is 9.59 Å². The van der Waals surface area contributed by atoms with Crippen LogP contribution < -0.4 is 5.32 Å². The molecule has 2 amide bonds. The third-order valence-electron chi connectivity index (χ3n) is 4.80. The van der Waals surface area contributed by atoms with E-state index in [0.717, 1.165) is 23.1 Å². The van der Waals surface area contributed by atoms with Crippen molar-refractivity contribution in [3.63, 3.8) is 0 Å². The third-order valence-corrected chi connectivity index (χ3v) is 5.06. The molecular formula is C23H29ClN2O2. The van der Waals surface area contributed by atoms with Gasteiger partial charge in [0.15, 0.2) is 0 Å². The average Bonchev–Trinajstić information content (AvgIpc) is 2.69. The van der Waals surface area contributed by atoms with Gasteiger partial charge in [0.1, 0.15) is 6.04 Å². The number of carbonyl (C=O) groups is 2. The Balaban J connectivity index is 2.27. The van der Waals surface area contributed by atoms with E-state index in [1.807, 2.05) is 57.2 Å². The summed E-state index contributed by atoms with van der Waals surface area (Å²) in [5.41, 5.74) is 3.01. The van der Waals surface area contributed by atoms with Gasteiger partial charge in [-0.3, -0.25) is 9.59 Å². The quantitative estimate of drug-likeness (QED) is 0.672. The number of hydrogen-bond acceptors (Lipinski definition) is 2. The number of nitrogens with zero attached hydrogens (tertiary/aromatic N) is 1. The molecule has 2 aromatic rings. The lowest BCUT2D eigenvalue weighted by Crippen LogP contribution is -2.49. The highest BCUT2D eigenvalue weighted by atomic mass is 35.5. The predicted molar refractivity (Wildman–Crippen MR) is 114 cm³/mol. The highest BCUT2D eigenvalue weighted by molar-refractivity contribution is 6.30. The van der Waals surface area contributed by atoms with Gasteiger partial charge in [-0.2, -0.15) is 0 Å². The van der Waals surface area contributed by atoms with E-state index in [-0.39, 0.29) is 18.2 Å². The van der Waals surface area contributed by atoms with Crippen LogP contribution >= 0.6 is 11.6 Å². The maximum Gasteiger partial charge on any atom is 0.242 e. The van der Waals surface area contributed by atoms with Crippen molar-refractivity contribution in [2.75, 3.05) is 6.54 Å². The molecule has 28 heavy (non-hydrogen) atoms. The topological polar surface area (TPSA) is 49.4 Å². The summed E-state index contributed by atoms with van der Waals surface area (Å²) < 4.78 is 0. The molecule has 0 aliphatic rings. The van der Waals surface area contributed by atoms with Gasteiger partial charge < -0.3 is 10.2 Å². The van der Waals surface area contributed by atoms with Crippen LogP contribution in [0.3, 0.4) is 0 Å². The van der Waals surface area contributed by atoms with Gasteiger partial charge in [0, 0.05) is 18.1 Å². The first-order valence-electron chi connectivity index (χ1n) is 9.82. The molecule has 0 radical (unpaired) electrons. The summed E-state index contributed by atoms with van der Waals surface area (Å²) in [6, 6.07) is 14.8. The Morgan fingerprint density at radius 2 is 1.75 bits per heavy atom. The van der Waals surface area contributed by atoms with E-state index in [4.69, 9.17) is 11.6 Å². The van der Waals surface area contributed by atoms with E-state index in [0.29, 0.717) is 24.5 Å². The van der Waals surface area contributed by atoms with Gasteiger partial charge in [-0.05, 0) is 48.6 Å². The van der Waals surface area contributed by atoms with Crippen molar-refractivity contribution in [1.82, 2.24) is 10.2 Å². The second-order valence-corrected chi connectivity index (χ2v) is 7.40. The van der Waals surface area contributed by atoms with Crippen molar-refractivity contribution >= 4 is 23.4 Å². The molecule has 150 valence electrons. The predicted octanol–water partition coefficient (Wildman–Crippen LogP) is 4.52. The van der Waals surface area contributed by atoms with E-state index in [1.165, 1.54) is 0 Å². The summed E-state index contributed by atoms with van der Waals surface area (Å²) in [7, 11) is 0. The van der Waals surface area contributed by atoms with Gasteiger partial charge in [0.25, 0.3) is 0 Å². The first kappa shape index (κ1) is 22.0. The van der Waals surface area contributed by atoms with Crippen molar-refractivity contribution in [3.8, 4) is 0 Å². The summed E-state index contributed by atoms with van der Waals surface area (Å²) in [6.45, 7) is 6.93.